The summed E-state index contributed by atoms with van der Waals surface area (Å²) in [6.45, 7) is 9.59. The number of benzene rings is 6. The monoisotopic (exact) mass is 750 g/mol. The van der Waals surface area contributed by atoms with E-state index in [0.717, 1.165) is 56.8 Å². The lowest BCUT2D eigenvalue weighted by Gasteiger charge is -2.41. The molecule has 1 amide bonds. The van der Waals surface area contributed by atoms with Crippen molar-refractivity contribution in [3.05, 3.63) is 172 Å². The number of ketones is 1. The first-order valence-electron chi connectivity index (χ1n) is 19.4. The van der Waals surface area contributed by atoms with E-state index >= 15 is 0 Å². The highest BCUT2D eigenvalue weighted by atomic mass is 16.4. The van der Waals surface area contributed by atoms with Gasteiger partial charge in [0.05, 0.1) is 11.3 Å². The number of hydrogen-bond donors (Lipinski definition) is 2. The molecule has 0 bridgehead atoms. The van der Waals surface area contributed by atoms with E-state index in [9.17, 15) is 19.5 Å². The maximum atomic E-state index is 14.5. The minimum absolute atomic E-state index is 0.0879. The lowest BCUT2D eigenvalue weighted by atomic mass is 9.64. The molecule has 0 saturated carbocycles. The van der Waals surface area contributed by atoms with Gasteiger partial charge < -0.3 is 15.7 Å². The summed E-state index contributed by atoms with van der Waals surface area (Å²) in [5, 5.41) is 13.1. The Hall–Kier alpha value is -6.37. The van der Waals surface area contributed by atoms with Gasteiger partial charge in [0, 0.05) is 30.1 Å². The third-order valence-corrected chi connectivity index (χ3v) is 11.6. The van der Waals surface area contributed by atoms with Crippen LogP contribution in [0.5, 0.6) is 0 Å². The SMILES string of the molecule is CN(C(=O)c1ccc(CN)cc1)c1cc(-c2ccc3ccccc3c2C(=O)C=Cc2ccc(C(=O)O)cc2)cc2ccc3c(c12)C(C)(C)CC1=C3C=CC(C)(C)C1. The Morgan fingerprint density at radius 1 is 0.789 bits per heavy atom. The van der Waals surface area contributed by atoms with Crippen molar-refractivity contribution in [1.82, 2.24) is 0 Å². The molecule has 0 saturated heterocycles. The van der Waals surface area contributed by atoms with Gasteiger partial charge in [0.15, 0.2) is 5.78 Å². The predicted molar refractivity (Wildman–Crippen MR) is 233 cm³/mol. The smallest absolute Gasteiger partial charge is 0.335 e. The number of nitrogens with two attached hydrogens (primary N) is 1. The molecule has 2 aliphatic rings. The minimum Gasteiger partial charge on any atom is -0.478 e. The van der Waals surface area contributed by atoms with E-state index in [4.69, 9.17) is 5.73 Å². The number of fused-ring (bicyclic) bond motifs is 5. The molecule has 0 radical (unpaired) electrons. The Morgan fingerprint density at radius 2 is 1.47 bits per heavy atom. The molecule has 57 heavy (non-hydrogen) atoms. The second-order valence-electron chi connectivity index (χ2n) is 16.8. The van der Waals surface area contributed by atoms with Gasteiger partial charge in [0.2, 0.25) is 0 Å². The van der Waals surface area contributed by atoms with E-state index in [1.165, 1.54) is 34.4 Å². The summed E-state index contributed by atoms with van der Waals surface area (Å²) in [7, 11) is 1.84. The molecular weight excluding hydrogens is 705 g/mol. The first-order chi connectivity index (χ1) is 27.2. The average Bonchev–Trinajstić information content (AvgIpc) is 3.20. The van der Waals surface area contributed by atoms with Crippen LogP contribution in [0.25, 0.3) is 44.3 Å². The molecule has 6 nitrogen and oxygen atoms in total. The number of anilines is 1. The molecule has 0 heterocycles. The maximum Gasteiger partial charge on any atom is 0.335 e. The molecule has 8 rings (SSSR count). The average molecular weight is 751 g/mol. The first-order valence-corrected chi connectivity index (χ1v) is 19.4. The Kier molecular flexibility index (Phi) is 9.41. The number of carboxylic acids is 1. The van der Waals surface area contributed by atoms with Crippen molar-refractivity contribution in [3.8, 4) is 11.1 Å². The molecule has 0 fully saturated rings. The summed E-state index contributed by atoms with van der Waals surface area (Å²) in [5.74, 6) is -1.34. The number of rotatable bonds is 8. The topological polar surface area (TPSA) is 101 Å². The number of carbonyl (C=O) groups excluding carboxylic acids is 2. The van der Waals surface area contributed by atoms with Gasteiger partial charge in [-0.25, -0.2) is 4.79 Å². The summed E-state index contributed by atoms with van der Waals surface area (Å²) in [6.07, 6.45) is 9.79. The number of carboxylic acid groups (broad SMARTS) is 1. The number of aromatic carboxylic acids is 1. The lowest BCUT2D eigenvalue weighted by Crippen LogP contribution is -2.30. The van der Waals surface area contributed by atoms with Crippen LogP contribution in [0.3, 0.4) is 0 Å². The van der Waals surface area contributed by atoms with Crippen LogP contribution < -0.4 is 10.6 Å². The fourth-order valence-electron chi connectivity index (χ4n) is 8.84. The zero-order chi connectivity index (χ0) is 40.2. The highest BCUT2D eigenvalue weighted by molar-refractivity contribution is 6.20. The largest absolute Gasteiger partial charge is 0.478 e. The molecule has 284 valence electrons. The third-order valence-electron chi connectivity index (χ3n) is 11.6. The zero-order valence-corrected chi connectivity index (χ0v) is 33.0. The van der Waals surface area contributed by atoms with Gasteiger partial charge in [0.25, 0.3) is 5.91 Å². The lowest BCUT2D eigenvalue weighted by molar-refractivity contribution is 0.0696. The number of nitrogens with zero attached hydrogens (tertiary/aromatic N) is 1. The van der Waals surface area contributed by atoms with Crippen molar-refractivity contribution in [2.45, 2.75) is 52.5 Å². The van der Waals surface area contributed by atoms with Gasteiger partial charge in [-0.3, -0.25) is 9.59 Å². The Morgan fingerprint density at radius 3 is 2.19 bits per heavy atom. The molecule has 0 aromatic heterocycles. The van der Waals surface area contributed by atoms with Gasteiger partial charge in [-0.2, -0.15) is 0 Å². The van der Waals surface area contributed by atoms with Crippen molar-refractivity contribution in [1.29, 1.82) is 0 Å². The van der Waals surface area contributed by atoms with E-state index in [2.05, 4.69) is 64.1 Å². The molecule has 0 unspecified atom stereocenters. The third kappa shape index (κ3) is 6.91. The summed E-state index contributed by atoms with van der Waals surface area (Å²) < 4.78 is 0. The van der Waals surface area contributed by atoms with Gasteiger partial charge in [-0.15, -0.1) is 0 Å². The van der Waals surface area contributed by atoms with Crippen LogP contribution in [0.1, 0.15) is 93.9 Å². The van der Waals surface area contributed by atoms with Crippen LogP contribution in [-0.4, -0.2) is 29.8 Å². The number of hydrogen-bond acceptors (Lipinski definition) is 4. The van der Waals surface area contributed by atoms with E-state index in [-0.39, 0.29) is 28.1 Å². The van der Waals surface area contributed by atoms with E-state index in [0.29, 0.717) is 23.2 Å². The van der Waals surface area contributed by atoms with Gasteiger partial charge in [-0.1, -0.05) is 124 Å². The quantitative estimate of drug-likeness (QED) is 0.119. The second kappa shape index (κ2) is 14.3. The standard InChI is InChI=1S/C51H46N2O4/c1-50(2)25-24-39-38(28-50)29-51(3,4)47-42(39)22-20-36-26-37(27-43(45(36)47)53(5)48(55)34-15-12-32(30-52)13-16-34)41-21-19-33-8-6-7-9-40(33)46(41)44(54)23-14-31-10-17-35(18-11-31)49(56)57/h6-27H,28-30,52H2,1-5H3,(H,56,57). The number of allylic oxidation sites excluding steroid dienone is 5. The van der Waals surface area contributed by atoms with Crippen molar-refractivity contribution < 1.29 is 19.5 Å². The Balaban J connectivity index is 1.34. The maximum absolute atomic E-state index is 14.5. The molecule has 2 aliphatic carbocycles. The van der Waals surface area contributed by atoms with Crippen molar-refractivity contribution in [2.75, 3.05) is 11.9 Å². The van der Waals surface area contributed by atoms with Gasteiger partial charge >= 0.3 is 5.97 Å². The molecule has 0 aliphatic heterocycles. The van der Waals surface area contributed by atoms with Gasteiger partial charge in [0.1, 0.15) is 0 Å². The summed E-state index contributed by atoms with van der Waals surface area (Å²) >= 11 is 0. The normalized spacial score (nSPS) is 15.5. The van der Waals surface area contributed by atoms with Crippen LogP contribution in [0.4, 0.5) is 5.69 Å². The first kappa shape index (κ1) is 37.5. The van der Waals surface area contributed by atoms with E-state index in [1.54, 1.807) is 29.2 Å². The number of amides is 1. The Bertz CT molecular complexity index is 2730. The van der Waals surface area contributed by atoms with Crippen LogP contribution in [0.2, 0.25) is 0 Å². The Labute approximate surface area is 333 Å². The summed E-state index contributed by atoms with van der Waals surface area (Å²) in [6, 6.07) is 34.4. The van der Waals surface area contributed by atoms with Gasteiger partial charge in [-0.05, 0) is 121 Å². The second-order valence-corrected chi connectivity index (χ2v) is 16.8. The van der Waals surface area contributed by atoms with Crippen LogP contribution >= 0.6 is 0 Å². The molecule has 0 atom stereocenters. The fourth-order valence-corrected chi connectivity index (χ4v) is 8.84. The fraction of sp³-hybridized carbons (Fsp3) is 0.196. The summed E-state index contributed by atoms with van der Waals surface area (Å²) in [5.41, 5.74) is 16.2. The van der Waals surface area contributed by atoms with E-state index < -0.39 is 5.97 Å². The van der Waals surface area contributed by atoms with Crippen LogP contribution in [-0.2, 0) is 12.0 Å². The zero-order valence-electron chi connectivity index (χ0n) is 33.0. The van der Waals surface area contributed by atoms with Crippen molar-refractivity contribution >= 4 is 56.5 Å². The minimum atomic E-state index is -1.01. The van der Waals surface area contributed by atoms with Crippen LogP contribution in [0.15, 0.2) is 133 Å². The molecule has 6 aromatic carbocycles. The summed E-state index contributed by atoms with van der Waals surface area (Å²) in [4.78, 5) is 42.1. The van der Waals surface area contributed by atoms with E-state index in [1.807, 2.05) is 67.7 Å². The van der Waals surface area contributed by atoms with Crippen molar-refractivity contribution in [3.63, 3.8) is 0 Å². The molecular formula is C51H46N2O4. The van der Waals surface area contributed by atoms with Crippen molar-refractivity contribution in [2.24, 2.45) is 11.1 Å². The highest BCUT2D eigenvalue weighted by Gasteiger charge is 2.38. The molecule has 6 aromatic rings. The molecule has 6 heteroatoms. The molecule has 3 N–H and O–H groups in total. The molecule has 0 spiro atoms. The number of carbonyl (C=O) groups is 3. The predicted octanol–water partition coefficient (Wildman–Crippen LogP) is 11.4. The van der Waals surface area contributed by atoms with Crippen LogP contribution in [0, 0.1) is 5.41 Å². The highest BCUT2D eigenvalue weighted by Crippen LogP contribution is 2.53.